The highest BCUT2D eigenvalue weighted by Crippen LogP contribution is 2.31. The smallest absolute Gasteiger partial charge is 0.163 e. The van der Waals surface area contributed by atoms with Crippen LogP contribution in [0, 0.1) is 0 Å². The van der Waals surface area contributed by atoms with Gasteiger partial charge in [0.15, 0.2) is 17.3 Å². The van der Waals surface area contributed by atoms with Crippen LogP contribution in [0.15, 0.2) is 103 Å². The summed E-state index contributed by atoms with van der Waals surface area (Å²) in [5.74, 6) is 1.31. The van der Waals surface area contributed by atoms with E-state index in [0.717, 1.165) is 16.7 Å². The topological polar surface area (TPSA) is 55.8 Å². The molecule has 0 saturated heterocycles. The van der Waals surface area contributed by atoms with Crippen molar-refractivity contribution in [1.82, 2.24) is 0 Å². The zero-order valence-electron chi connectivity index (χ0n) is 18.3. The van der Waals surface area contributed by atoms with Crippen molar-refractivity contribution in [2.45, 2.75) is 26.1 Å². The summed E-state index contributed by atoms with van der Waals surface area (Å²) in [7, 11) is 0. The minimum Gasteiger partial charge on any atom is -0.508 e. The molecule has 4 nitrogen and oxygen atoms in total. The second kappa shape index (κ2) is 11.0. The molecule has 4 aromatic carbocycles. The average Bonchev–Trinajstić information content (AvgIpc) is 2.87. The number of aromatic hydroxyl groups is 1. The van der Waals surface area contributed by atoms with Crippen LogP contribution in [0.5, 0.6) is 17.2 Å². The Balaban J connectivity index is 1.49. The Morgan fingerprint density at radius 3 is 1.88 bits per heavy atom. The molecule has 33 heavy (non-hydrogen) atoms. The van der Waals surface area contributed by atoms with Gasteiger partial charge in [0.05, 0.1) is 0 Å². The zero-order valence-corrected chi connectivity index (χ0v) is 18.3. The first kappa shape index (κ1) is 22.2. The number of phenols is 1. The normalized spacial score (nSPS) is 10.5. The lowest BCUT2D eigenvalue weighted by Crippen LogP contribution is -2.05. The summed E-state index contributed by atoms with van der Waals surface area (Å²) in [6, 6.07) is 32.2. The van der Waals surface area contributed by atoms with Gasteiger partial charge in [0, 0.05) is 12.0 Å². The first-order valence-corrected chi connectivity index (χ1v) is 11.0. The molecule has 0 unspecified atom stereocenters. The molecule has 1 N–H and O–H groups in total. The van der Waals surface area contributed by atoms with Crippen molar-refractivity contribution in [3.8, 4) is 17.2 Å². The molecule has 0 aromatic heterocycles. The van der Waals surface area contributed by atoms with E-state index in [1.807, 2.05) is 72.8 Å². The first-order chi connectivity index (χ1) is 16.2. The van der Waals surface area contributed by atoms with Gasteiger partial charge in [-0.2, -0.15) is 0 Å². The number of hydrogen-bond acceptors (Lipinski definition) is 4. The molecule has 166 valence electrons. The molecule has 4 rings (SSSR count). The van der Waals surface area contributed by atoms with Crippen molar-refractivity contribution >= 4 is 5.78 Å². The van der Waals surface area contributed by atoms with Gasteiger partial charge in [-0.05, 0) is 47.4 Å². The molecule has 0 aliphatic rings. The number of benzene rings is 4. The summed E-state index contributed by atoms with van der Waals surface area (Å²) < 4.78 is 12.1. The van der Waals surface area contributed by atoms with Crippen LogP contribution in [0.3, 0.4) is 0 Å². The van der Waals surface area contributed by atoms with Gasteiger partial charge in [-0.25, -0.2) is 0 Å². The van der Waals surface area contributed by atoms with Crippen molar-refractivity contribution in [3.05, 3.63) is 125 Å². The lowest BCUT2D eigenvalue weighted by molar-refractivity contribution is 0.0982. The summed E-state index contributed by atoms with van der Waals surface area (Å²) in [4.78, 5) is 12.9. The molecule has 0 saturated carbocycles. The van der Waals surface area contributed by atoms with Crippen molar-refractivity contribution in [2.75, 3.05) is 0 Å². The van der Waals surface area contributed by atoms with Crippen molar-refractivity contribution < 1.29 is 19.4 Å². The number of aryl methyl sites for hydroxylation is 1. The summed E-state index contributed by atoms with van der Waals surface area (Å²) in [5.41, 5.74) is 3.40. The Morgan fingerprint density at radius 2 is 1.24 bits per heavy atom. The summed E-state index contributed by atoms with van der Waals surface area (Å²) >= 11 is 0. The maximum Gasteiger partial charge on any atom is 0.163 e. The Hall–Kier alpha value is -4.05. The Kier molecular flexibility index (Phi) is 7.39. The molecule has 0 atom stereocenters. The van der Waals surface area contributed by atoms with E-state index in [2.05, 4.69) is 0 Å². The molecule has 0 fully saturated rings. The predicted molar refractivity (Wildman–Crippen MR) is 129 cm³/mol. The van der Waals surface area contributed by atoms with Gasteiger partial charge in [-0.15, -0.1) is 0 Å². The lowest BCUT2D eigenvalue weighted by atomic mass is 10.0. The van der Waals surface area contributed by atoms with E-state index in [0.29, 0.717) is 43.1 Å². The van der Waals surface area contributed by atoms with Crippen LogP contribution in [-0.4, -0.2) is 10.9 Å². The number of hydrogen-bond donors (Lipinski definition) is 1. The summed E-state index contributed by atoms with van der Waals surface area (Å²) in [5, 5.41) is 9.96. The number of carbonyl (C=O) groups is 1. The van der Waals surface area contributed by atoms with E-state index >= 15 is 0 Å². The van der Waals surface area contributed by atoms with Gasteiger partial charge in [0.1, 0.15) is 19.0 Å². The van der Waals surface area contributed by atoms with E-state index in [-0.39, 0.29) is 11.5 Å². The van der Waals surface area contributed by atoms with E-state index in [1.165, 1.54) is 0 Å². The lowest BCUT2D eigenvalue weighted by Gasteiger charge is -2.14. The SMILES string of the molecule is O=C(CCc1ccccc1O)c1ccc(OCc2ccccc2)c(OCc2ccccc2)c1. The van der Waals surface area contributed by atoms with E-state index in [9.17, 15) is 9.90 Å². The van der Waals surface area contributed by atoms with Gasteiger partial charge in [-0.3, -0.25) is 4.79 Å². The molecule has 0 aliphatic heterocycles. The van der Waals surface area contributed by atoms with Gasteiger partial charge < -0.3 is 14.6 Å². The quantitative estimate of drug-likeness (QED) is 0.293. The molecule has 4 aromatic rings. The predicted octanol–water partition coefficient (Wildman–Crippen LogP) is 6.37. The van der Waals surface area contributed by atoms with Crippen LogP contribution in [-0.2, 0) is 19.6 Å². The minimum atomic E-state index is -0.0163. The fourth-order valence-corrected chi connectivity index (χ4v) is 3.50. The number of para-hydroxylation sites is 1. The second-order valence-corrected chi connectivity index (χ2v) is 7.76. The van der Waals surface area contributed by atoms with Crippen LogP contribution in [0.1, 0.15) is 33.5 Å². The average molecular weight is 439 g/mol. The molecule has 0 radical (unpaired) electrons. The van der Waals surface area contributed by atoms with E-state index in [4.69, 9.17) is 9.47 Å². The Labute approximate surface area is 194 Å². The fraction of sp³-hybridized carbons (Fsp3) is 0.138. The number of rotatable bonds is 10. The third-order valence-corrected chi connectivity index (χ3v) is 5.35. The highest BCUT2D eigenvalue weighted by Gasteiger charge is 2.13. The standard InChI is InChI=1S/C29H26O4/c30-26-14-8-7-13-24(26)15-17-27(31)25-16-18-28(32-20-22-9-3-1-4-10-22)29(19-25)33-21-23-11-5-2-6-12-23/h1-14,16,18-19,30H,15,17,20-21H2. The third kappa shape index (κ3) is 6.23. The molecule has 0 bridgehead atoms. The Morgan fingerprint density at radius 1 is 0.667 bits per heavy atom. The molecular formula is C29H26O4. The van der Waals surface area contributed by atoms with Gasteiger partial charge in [0.2, 0.25) is 0 Å². The monoisotopic (exact) mass is 438 g/mol. The maximum absolute atomic E-state index is 12.9. The third-order valence-electron chi connectivity index (χ3n) is 5.35. The molecular weight excluding hydrogens is 412 g/mol. The zero-order chi connectivity index (χ0) is 22.9. The molecule has 4 heteroatoms. The van der Waals surface area contributed by atoms with Crippen molar-refractivity contribution in [1.29, 1.82) is 0 Å². The first-order valence-electron chi connectivity index (χ1n) is 11.0. The second-order valence-electron chi connectivity index (χ2n) is 7.76. The number of phenolic OH excluding ortho intramolecular Hbond substituents is 1. The van der Waals surface area contributed by atoms with Crippen LogP contribution in [0.25, 0.3) is 0 Å². The van der Waals surface area contributed by atoms with Crippen LogP contribution in [0.4, 0.5) is 0 Å². The Bertz CT molecular complexity index is 1190. The van der Waals surface area contributed by atoms with E-state index in [1.54, 1.807) is 30.3 Å². The number of Topliss-reactive ketones (excluding diaryl/α,β-unsaturated/α-hetero) is 1. The highest BCUT2D eigenvalue weighted by molar-refractivity contribution is 5.96. The summed E-state index contributed by atoms with van der Waals surface area (Å²) in [6.07, 6.45) is 0.762. The van der Waals surface area contributed by atoms with E-state index < -0.39 is 0 Å². The van der Waals surface area contributed by atoms with Crippen LogP contribution >= 0.6 is 0 Å². The van der Waals surface area contributed by atoms with Crippen molar-refractivity contribution in [2.24, 2.45) is 0 Å². The van der Waals surface area contributed by atoms with Gasteiger partial charge >= 0.3 is 0 Å². The van der Waals surface area contributed by atoms with Gasteiger partial charge in [0.25, 0.3) is 0 Å². The highest BCUT2D eigenvalue weighted by atomic mass is 16.5. The number of ether oxygens (including phenoxy) is 2. The largest absolute Gasteiger partial charge is 0.508 e. The van der Waals surface area contributed by atoms with Crippen LogP contribution in [0.2, 0.25) is 0 Å². The van der Waals surface area contributed by atoms with Gasteiger partial charge in [-0.1, -0.05) is 78.9 Å². The maximum atomic E-state index is 12.9. The van der Waals surface area contributed by atoms with Crippen molar-refractivity contribution in [3.63, 3.8) is 0 Å². The van der Waals surface area contributed by atoms with Crippen LogP contribution < -0.4 is 9.47 Å². The molecule has 0 aliphatic carbocycles. The number of ketones is 1. The molecule has 0 amide bonds. The summed E-state index contributed by atoms with van der Waals surface area (Å²) in [6.45, 7) is 0.779. The minimum absolute atomic E-state index is 0.0163. The number of carbonyl (C=O) groups excluding carboxylic acids is 1. The molecule has 0 heterocycles. The molecule has 0 spiro atoms. The fourth-order valence-electron chi connectivity index (χ4n) is 3.50.